The van der Waals surface area contributed by atoms with Crippen LogP contribution in [0.5, 0.6) is 5.75 Å². The number of ether oxygens (including phenoxy) is 1. The lowest BCUT2D eigenvalue weighted by Crippen LogP contribution is -2.56. The van der Waals surface area contributed by atoms with Gasteiger partial charge in [0.15, 0.2) is 6.10 Å². The molecule has 6 heteroatoms. The second-order valence-corrected chi connectivity index (χ2v) is 6.36. The summed E-state index contributed by atoms with van der Waals surface area (Å²) in [7, 11) is 0. The van der Waals surface area contributed by atoms with Crippen molar-refractivity contribution in [3.63, 3.8) is 0 Å². The minimum atomic E-state index is -0.642. The summed E-state index contributed by atoms with van der Waals surface area (Å²) in [6.07, 6.45) is 0.141. The third-order valence-corrected chi connectivity index (χ3v) is 4.08. The van der Waals surface area contributed by atoms with E-state index in [2.05, 4.69) is 13.8 Å². The summed E-state index contributed by atoms with van der Waals surface area (Å²) in [5.74, 6) is -0.0970. The number of amides is 1. The molecule has 1 heterocycles. The van der Waals surface area contributed by atoms with Gasteiger partial charge in [-0.05, 0) is 30.9 Å². The van der Waals surface area contributed by atoms with Crippen molar-refractivity contribution in [2.45, 2.75) is 39.3 Å². The molecule has 1 saturated heterocycles. The highest BCUT2D eigenvalue weighted by molar-refractivity contribution is 5.85. The van der Waals surface area contributed by atoms with Gasteiger partial charge in [-0.3, -0.25) is 4.79 Å². The van der Waals surface area contributed by atoms with Crippen molar-refractivity contribution in [3.8, 4) is 5.75 Å². The molecule has 4 nitrogen and oxygen atoms in total. The lowest BCUT2D eigenvalue weighted by molar-refractivity contribution is -0.141. The number of rotatable bonds is 3. The van der Waals surface area contributed by atoms with Crippen LogP contribution in [0, 0.1) is 11.2 Å². The zero-order chi connectivity index (χ0) is 15.6. The van der Waals surface area contributed by atoms with Crippen LogP contribution in [0.15, 0.2) is 24.3 Å². The molecule has 2 unspecified atom stereocenters. The Balaban J connectivity index is 0.00000242. The number of hydrogen-bond acceptors (Lipinski definition) is 3. The summed E-state index contributed by atoms with van der Waals surface area (Å²) in [6, 6.07) is 5.92. The van der Waals surface area contributed by atoms with Crippen LogP contribution >= 0.6 is 12.4 Å². The van der Waals surface area contributed by atoms with Gasteiger partial charge >= 0.3 is 0 Å². The maximum Gasteiger partial charge on any atom is 0.263 e. The molecule has 2 N–H and O–H groups in total. The van der Waals surface area contributed by atoms with Crippen molar-refractivity contribution in [2.24, 2.45) is 11.1 Å². The van der Waals surface area contributed by atoms with Crippen molar-refractivity contribution in [1.82, 2.24) is 4.90 Å². The van der Waals surface area contributed by atoms with Crippen molar-refractivity contribution < 1.29 is 13.9 Å². The SMILES string of the molecule is CC(Oc1cccc(F)c1)C(=O)N1CCC(N)C(C)(C)C1.Cl. The quantitative estimate of drug-likeness (QED) is 0.926. The molecule has 1 aliphatic heterocycles. The van der Waals surface area contributed by atoms with Crippen LogP contribution < -0.4 is 10.5 Å². The lowest BCUT2D eigenvalue weighted by Gasteiger charge is -2.43. The number of halogens is 2. The van der Waals surface area contributed by atoms with Crippen molar-refractivity contribution in [3.05, 3.63) is 30.1 Å². The Morgan fingerprint density at radius 3 is 2.77 bits per heavy atom. The van der Waals surface area contributed by atoms with Gasteiger partial charge in [0, 0.05) is 25.2 Å². The fraction of sp³-hybridized carbons (Fsp3) is 0.562. The molecular formula is C16H24ClFN2O2. The Hall–Kier alpha value is -1.33. The van der Waals surface area contributed by atoms with Crippen LogP contribution in [-0.2, 0) is 4.79 Å². The summed E-state index contributed by atoms with van der Waals surface area (Å²) >= 11 is 0. The lowest BCUT2D eigenvalue weighted by atomic mass is 9.79. The second kappa shape index (κ2) is 7.29. The number of piperidine rings is 1. The zero-order valence-corrected chi connectivity index (χ0v) is 14.0. The van der Waals surface area contributed by atoms with E-state index in [0.29, 0.717) is 18.8 Å². The van der Waals surface area contributed by atoms with Crippen LogP contribution in [-0.4, -0.2) is 36.0 Å². The molecule has 0 spiro atoms. The smallest absolute Gasteiger partial charge is 0.263 e. The molecule has 1 aromatic carbocycles. The minimum Gasteiger partial charge on any atom is -0.481 e. The molecule has 124 valence electrons. The van der Waals surface area contributed by atoms with Crippen LogP contribution in [0.1, 0.15) is 27.2 Å². The topological polar surface area (TPSA) is 55.6 Å². The van der Waals surface area contributed by atoms with E-state index in [9.17, 15) is 9.18 Å². The Bertz CT molecular complexity index is 525. The van der Waals surface area contributed by atoms with E-state index >= 15 is 0 Å². The van der Waals surface area contributed by atoms with E-state index in [-0.39, 0.29) is 35.6 Å². The van der Waals surface area contributed by atoms with E-state index in [4.69, 9.17) is 10.5 Å². The molecular weight excluding hydrogens is 307 g/mol. The number of likely N-dealkylation sites (tertiary alicyclic amines) is 1. The predicted molar refractivity (Wildman–Crippen MR) is 86.7 cm³/mol. The molecule has 1 amide bonds. The van der Waals surface area contributed by atoms with Gasteiger partial charge in [0.2, 0.25) is 0 Å². The molecule has 0 aliphatic carbocycles. The van der Waals surface area contributed by atoms with Gasteiger partial charge in [0.1, 0.15) is 11.6 Å². The third kappa shape index (κ3) is 4.34. The molecule has 2 atom stereocenters. The highest BCUT2D eigenvalue weighted by Gasteiger charge is 2.36. The average Bonchev–Trinajstić information content (AvgIpc) is 2.41. The monoisotopic (exact) mass is 330 g/mol. The normalized spacial score (nSPS) is 21.7. The molecule has 1 aliphatic rings. The van der Waals surface area contributed by atoms with Crippen LogP contribution in [0.3, 0.4) is 0 Å². The largest absolute Gasteiger partial charge is 0.481 e. The first-order valence-electron chi connectivity index (χ1n) is 7.26. The Morgan fingerprint density at radius 2 is 2.18 bits per heavy atom. The number of nitrogens with two attached hydrogens (primary N) is 1. The molecule has 1 fully saturated rings. The molecule has 1 aromatic rings. The van der Waals surface area contributed by atoms with Gasteiger partial charge in [-0.25, -0.2) is 4.39 Å². The number of carbonyl (C=O) groups is 1. The predicted octanol–water partition coefficient (Wildman–Crippen LogP) is 2.60. The molecule has 2 rings (SSSR count). The summed E-state index contributed by atoms with van der Waals surface area (Å²) in [5.41, 5.74) is 5.98. The maximum atomic E-state index is 13.1. The second-order valence-electron chi connectivity index (χ2n) is 6.36. The average molecular weight is 331 g/mol. The summed E-state index contributed by atoms with van der Waals surface area (Å²) in [6.45, 7) is 7.07. The van der Waals surface area contributed by atoms with E-state index in [1.165, 1.54) is 12.1 Å². The number of benzene rings is 1. The number of hydrogen-bond donors (Lipinski definition) is 1. The van der Waals surface area contributed by atoms with E-state index in [1.807, 2.05) is 0 Å². The fourth-order valence-electron chi connectivity index (χ4n) is 2.61. The Kier molecular flexibility index (Phi) is 6.20. The Labute approximate surface area is 137 Å². The van der Waals surface area contributed by atoms with Gasteiger partial charge < -0.3 is 15.4 Å². The van der Waals surface area contributed by atoms with E-state index in [0.717, 1.165) is 6.42 Å². The van der Waals surface area contributed by atoms with Crippen LogP contribution in [0.4, 0.5) is 4.39 Å². The third-order valence-electron chi connectivity index (χ3n) is 4.08. The van der Waals surface area contributed by atoms with Gasteiger partial charge in [-0.15, -0.1) is 12.4 Å². The first-order chi connectivity index (χ1) is 9.79. The summed E-state index contributed by atoms with van der Waals surface area (Å²) in [5, 5.41) is 0. The highest BCUT2D eigenvalue weighted by atomic mass is 35.5. The highest BCUT2D eigenvalue weighted by Crippen LogP contribution is 2.28. The summed E-state index contributed by atoms with van der Waals surface area (Å²) < 4.78 is 18.7. The van der Waals surface area contributed by atoms with E-state index in [1.54, 1.807) is 24.0 Å². The van der Waals surface area contributed by atoms with Crippen molar-refractivity contribution in [1.29, 1.82) is 0 Å². The van der Waals surface area contributed by atoms with Crippen LogP contribution in [0.25, 0.3) is 0 Å². The van der Waals surface area contributed by atoms with Gasteiger partial charge in [0.05, 0.1) is 0 Å². The number of nitrogens with zero attached hydrogens (tertiary/aromatic N) is 1. The number of carbonyl (C=O) groups excluding carboxylic acids is 1. The minimum absolute atomic E-state index is 0. The first-order valence-corrected chi connectivity index (χ1v) is 7.26. The van der Waals surface area contributed by atoms with Gasteiger partial charge in [-0.2, -0.15) is 0 Å². The molecule has 0 radical (unpaired) electrons. The molecule has 22 heavy (non-hydrogen) atoms. The molecule has 0 saturated carbocycles. The maximum absolute atomic E-state index is 13.1. The van der Waals surface area contributed by atoms with Crippen molar-refractivity contribution >= 4 is 18.3 Å². The fourth-order valence-corrected chi connectivity index (χ4v) is 2.61. The van der Waals surface area contributed by atoms with Gasteiger partial charge in [-0.1, -0.05) is 19.9 Å². The standard InChI is InChI=1S/C16H23FN2O2.ClH/c1-11(21-13-6-4-5-12(17)9-13)15(20)19-8-7-14(18)16(2,3)10-19;/h4-6,9,11,14H,7-8,10,18H2,1-3H3;1H. The molecule has 0 bridgehead atoms. The molecule has 0 aromatic heterocycles. The van der Waals surface area contributed by atoms with Crippen molar-refractivity contribution in [2.75, 3.05) is 13.1 Å². The Morgan fingerprint density at radius 1 is 1.50 bits per heavy atom. The zero-order valence-electron chi connectivity index (χ0n) is 13.2. The first kappa shape index (κ1) is 18.7. The van der Waals surface area contributed by atoms with Gasteiger partial charge in [0.25, 0.3) is 5.91 Å². The van der Waals surface area contributed by atoms with E-state index < -0.39 is 6.10 Å². The van der Waals surface area contributed by atoms with Crippen LogP contribution in [0.2, 0.25) is 0 Å². The summed E-state index contributed by atoms with van der Waals surface area (Å²) in [4.78, 5) is 14.2.